The maximum absolute atomic E-state index is 13.8. The molecule has 1 atom stereocenters. The van der Waals surface area contributed by atoms with Gasteiger partial charge < -0.3 is 9.47 Å². The Morgan fingerprint density at radius 1 is 1.40 bits per heavy atom. The molecule has 30 heavy (non-hydrogen) atoms. The first-order valence-corrected chi connectivity index (χ1v) is 11.7. The molecular weight excluding hydrogens is 444 g/mol. The van der Waals surface area contributed by atoms with Crippen LogP contribution in [0, 0.1) is 5.92 Å². The molecule has 0 spiro atoms. The summed E-state index contributed by atoms with van der Waals surface area (Å²) in [5, 5.41) is 1.54. The molecular formula is C21H21ClN2O4S2. The molecule has 0 aliphatic heterocycles. The summed E-state index contributed by atoms with van der Waals surface area (Å²) in [6, 6.07) is 5.10. The average Bonchev–Trinajstić information content (AvgIpc) is 3.09. The Morgan fingerprint density at radius 2 is 2.20 bits per heavy atom. The van der Waals surface area contributed by atoms with Gasteiger partial charge in [-0.25, -0.2) is 4.98 Å². The van der Waals surface area contributed by atoms with Crippen molar-refractivity contribution >= 4 is 50.9 Å². The van der Waals surface area contributed by atoms with E-state index in [1.807, 2.05) is 0 Å². The van der Waals surface area contributed by atoms with Gasteiger partial charge in [-0.2, -0.15) is 0 Å². The summed E-state index contributed by atoms with van der Waals surface area (Å²) in [5.74, 6) is 0.743. The van der Waals surface area contributed by atoms with Crippen LogP contribution in [0.15, 0.2) is 28.2 Å². The van der Waals surface area contributed by atoms with Gasteiger partial charge >= 0.3 is 5.97 Å². The average molecular weight is 465 g/mol. The van der Waals surface area contributed by atoms with Gasteiger partial charge in [0.1, 0.15) is 10.6 Å². The molecule has 158 valence electrons. The highest BCUT2D eigenvalue weighted by molar-refractivity contribution is 7.99. The van der Waals surface area contributed by atoms with Gasteiger partial charge in [0.25, 0.3) is 5.56 Å². The number of esters is 1. The van der Waals surface area contributed by atoms with Crippen molar-refractivity contribution in [3.05, 3.63) is 44.0 Å². The van der Waals surface area contributed by atoms with Gasteiger partial charge in [0.05, 0.1) is 31.0 Å². The first-order valence-electron chi connectivity index (χ1n) is 9.53. The van der Waals surface area contributed by atoms with E-state index in [9.17, 15) is 9.59 Å². The van der Waals surface area contributed by atoms with Gasteiger partial charge in [-0.15, -0.1) is 11.3 Å². The number of fused-ring (bicyclic) bond motifs is 3. The highest BCUT2D eigenvalue weighted by Crippen LogP contribution is 2.38. The fraction of sp³-hybridized carbons (Fsp3) is 0.381. The number of thioether (sulfide) groups is 1. The molecule has 1 aromatic carbocycles. The molecule has 0 amide bonds. The van der Waals surface area contributed by atoms with Crippen molar-refractivity contribution in [3.63, 3.8) is 0 Å². The summed E-state index contributed by atoms with van der Waals surface area (Å²) in [5.41, 5.74) is 1.44. The minimum absolute atomic E-state index is 0.0411. The second-order valence-corrected chi connectivity index (χ2v) is 9.71. The Labute approximate surface area is 187 Å². The first kappa shape index (κ1) is 21.2. The lowest BCUT2D eigenvalue weighted by Gasteiger charge is -2.18. The molecule has 4 rings (SSSR count). The zero-order valence-corrected chi connectivity index (χ0v) is 19.2. The number of aromatic nitrogens is 2. The Bertz CT molecular complexity index is 1190. The summed E-state index contributed by atoms with van der Waals surface area (Å²) in [7, 11) is 2.87. The van der Waals surface area contributed by atoms with Gasteiger partial charge in [-0.1, -0.05) is 30.3 Å². The smallest absolute Gasteiger partial charge is 0.316 e. The normalized spacial score (nSPS) is 15.8. The number of halogens is 1. The van der Waals surface area contributed by atoms with Gasteiger partial charge in [-0.3, -0.25) is 14.2 Å². The number of rotatable bonds is 5. The predicted octanol–water partition coefficient (Wildman–Crippen LogP) is 4.50. The molecule has 0 saturated heterocycles. The molecule has 1 aliphatic rings. The number of nitrogens with zero attached hydrogens (tertiary/aromatic N) is 2. The molecule has 1 aliphatic carbocycles. The molecule has 2 aromatic heterocycles. The van der Waals surface area contributed by atoms with Gasteiger partial charge in [0, 0.05) is 9.90 Å². The van der Waals surface area contributed by atoms with Crippen molar-refractivity contribution in [1.29, 1.82) is 0 Å². The van der Waals surface area contributed by atoms with E-state index in [2.05, 4.69) is 6.92 Å². The standard InChI is InChI=1S/C21H21ClN2O4S2/c1-11-4-6-13-16(8-11)30-19-18(13)20(26)24(21(23-19)29-10-17(25)28-3)14-9-12(22)5-7-15(14)27-2/h5,7,9,11H,4,6,8,10H2,1-3H3/t11-/m1/s1. The summed E-state index contributed by atoms with van der Waals surface area (Å²) in [4.78, 5) is 32.2. The summed E-state index contributed by atoms with van der Waals surface area (Å²) >= 11 is 8.97. The van der Waals surface area contributed by atoms with Crippen LogP contribution >= 0.6 is 34.7 Å². The lowest BCUT2D eigenvalue weighted by molar-refractivity contribution is -0.137. The minimum atomic E-state index is -0.391. The van der Waals surface area contributed by atoms with E-state index in [-0.39, 0.29) is 11.3 Å². The van der Waals surface area contributed by atoms with Crippen LogP contribution in [0.25, 0.3) is 15.9 Å². The number of carbonyl (C=O) groups is 1. The summed E-state index contributed by atoms with van der Waals surface area (Å²) < 4.78 is 11.8. The molecule has 9 heteroatoms. The minimum Gasteiger partial charge on any atom is -0.495 e. The number of methoxy groups -OCH3 is 2. The molecule has 0 unspecified atom stereocenters. The number of ether oxygens (including phenoxy) is 2. The molecule has 6 nitrogen and oxygen atoms in total. The van der Waals surface area contributed by atoms with E-state index in [0.29, 0.717) is 37.8 Å². The van der Waals surface area contributed by atoms with Crippen LogP contribution in [0.4, 0.5) is 0 Å². The topological polar surface area (TPSA) is 70.4 Å². The molecule has 0 bridgehead atoms. The zero-order valence-electron chi connectivity index (χ0n) is 16.9. The molecule has 0 N–H and O–H groups in total. The lowest BCUT2D eigenvalue weighted by Crippen LogP contribution is -2.23. The largest absolute Gasteiger partial charge is 0.495 e. The summed E-state index contributed by atoms with van der Waals surface area (Å²) in [6.07, 6.45) is 2.88. The Hall–Kier alpha value is -2.03. The maximum atomic E-state index is 13.8. The summed E-state index contributed by atoms with van der Waals surface area (Å²) in [6.45, 7) is 2.23. The first-order chi connectivity index (χ1) is 14.4. The molecule has 0 saturated carbocycles. The van der Waals surface area contributed by atoms with Crippen molar-refractivity contribution < 1.29 is 14.3 Å². The van der Waals surface area contributed by atoms with E-state index in [1.54, 1.807) is 36.6 Å². The predicted molar refractivity (Wildman–Crippen MR) is 121 cm³/mol. The van der Waals surface area contributed by atoms with Crippen molar-refractivity contribution in [2.45, 2.75) is 31.3 Å². The van der Waals surface area contributed by atoms with Crippen LogP contribution in [-0.2, 0) is 22.4 Å². The number of aryl methyl sites for hydroxylation is 1. The number of carbonyl (C=O) groups excluding carboxylic acids is 1. The second-order valence-electron chi connectivity index (χ2n) is 7.25. The van der Waals surface area contributed by atoms with Crippen LogP contribution in [-0.4, -0.2) is 35.5 Å². The third-order valence-corrected chi connectivity index (χ3v) is 7.52. The number of hydrogen-bond acceptors (Lipinski definition) is 7. The quantitative estimate of drug-likeness (QED) is 0.314. The Kier molecular flexibility index (Phi) is 6.09. The van der Waals surface area contributed by atoms with E-state index < -0.39 is 5.97 Å². The maximum Gasteiger partial charge on any atom is 0.316 e. The third-order valence-electron chi connectivity index (χ3n) is 5.23. The van der Waals surface area contributed by atoms with Crippen LogP contribution in [0.2, 0.25) is 5.02 Å². The van der Waals surface area contributed by atoms with Crippen LogP contribution in [0.1, 0.15) is 23.8 Å². The fourth-order valence-electron chi connectivity index (χ4n) is 3.70. The van der Waals surface area contributed by atoms with Crippen LogP contribution in [0.3, 0.4) is 0 Å². The van der Waals surface area contributed by atoms with Crippen LogP contribution < -0.4 is 10.3 Å². The van der Waals surface area contributed by atoms with Crippen molar-refractivity contribution in [3.8, 4) is 11.4 Å². The van der Waals surface area contributed by atoms with E-state index >= 15 is 0 Å². The lowest BCUT2D eigenvalue weighted by atomic mass is 9.89. The van der Waals surface area contributed by atoms with Gasteiger partial charge in [0.15, 0.2) is 5.16 Å². The number of hydrogen-bond donors (Lipinski definition) is 0. The molecule has 2 heterocycles. The zero-order chi connectivity index (χ0) is 21.4. The highest BCUT2D eigenvalue weighted by Gasteiger charge is 2.26. The SMILES string of the molecule is COC(=O)CSc1nc2sc3c(c2c(=O)n1-c1cc(Cl)ccc1OC)CC[C@@H](C)C3. The molecule has 0 radical (unpaired) electrons. The van der Waals surface area contributed by atoms with E-state index in [4.69, 9.17) is 26.1 Å². The van der Waals surface area contributed by atoms with Crippen molar-refractivity contribution in [1.82, 2.24) is 9.55 Å². The molecule has 3 aromatic rings. The fourth-order valence-corrected chi connectivity index (χ4v) is 6.13. The van der Waals surface area contributed by atoms with Gasteiger partial charge in [0.2, 0.25) is 0 Å². The second kappa shape index (κ2) is 8.61. The Morgan fingerprint density at radius 3 is 2.93 bits per heavy atom. The highest BCUT2D eigenvalue weighted by atomic mass is 35.5. The Balaban J connectivity index is 1.98. The number of thiophene rings is 1. The van der Waals surface area contributed by atoms with Crippen molar-refractivity contribution in [2.75, 3.05) is 20.0 Å². The van der Waals surface area contributed by atoms with Crippen LogP contribution in [0.5, 0.6) is 5.75 Å². The molecule has 0 fully saturated rings. The third kappa shape index (κ3) is 3.84. The van der Waals surface area contributed by atoms with E-state index in [0.717, 1.165) is 36.6 Å². The monoisotopic (exact) mass is 464 g/mol. The van der Waals surface area contributed by atoms with E-state index in [1.165, 1.54) is 16.6 Å². The van der Waals surface area contributed by atoms with Gasteiger partial charge in [-0.05, 0) is 48.9 Å². The number of benzene rings is 1. The van der Waals surface area contributed by atoms with Crippen molar-refractivity contribution in [2.24, 2.45) is 5.92 Å².